The molecule has 16 heavy (non-hydrogen) atoms. The molecule has 94 valence electrons. The van der Waals surface area contributed by atoms with Crippen LogP contribution in [0.3, 0.4) is 0 Å². The van der Waals surface area contributed by atoms with E-state index in [0.29, 0.717) is 12.1 Å². The predicted octanol–water partition coefficient (Wildman–Crippen LogP) is 3.24. The Hall–Kier alpha value is -0.0800. The molecule has 1 atom stereocenters. The standard InChI is InChI=1S/C14H27NO/c15-14(12-7-3-1-4-8-12)11-16-13-9-5-2-6-10-13/h12-14H,1-11,15H2. The summed E-state index contributed by atoms with van der Waals surface area (Å²) in [5.41, 5.74) is 6.24. The van der Waals surface area contributed by atoms with Gasteiger partial charge in [-0.05, 0) is 31.6 Å². The molecule has 2 fully saturated rings. The predicted molar refractivity (Wildman–Crippen MR) is 67.4 cm³/mol. The Balaban J connectivity index is 1.63. The molecule has 0 aromatic heterocycles. The van der Waals surface area contributed by atoms with Gasteiger partial charge in [0.25, 0.3) is 0 Å². The lowest BCUT2D eigenvalue weighted by Gasteiger charge is -2.29. The summed E-state index contributed by atoms with van der Waals surface area (Å²) in [5, 5.41) is 0. The Kier molecular flexibility index (Phi) is 5.11. The molecule has 2 N–H and O–H groups in total. The highest BCUT2D eigenvalue weighted by Crippen LogP contribution is 2.26. The number of rotatable bonds is 4. The Morgan fingerprint density at radius 1 is 0.875 bits per heavy atom. The van der Waals surface area contributed by atoms with Crippen molar-refractivity contribution in [2.24, 2.45) is 11.7 Å². The van der Waals surface area contributed by atoms with E-state index in [2.05, 4.69) is 0 Å². The van der Waals surface area contributed by atoms with E-state index in [1.165, 1.54) is 64.2 Å². The van der Waals surface area contributed by atoms with Gasteiger partial charge in [-0.3, -0.25) is 0 Å². The minimum Gasteiger partial charge on any atom is -0.377 e. The average molecular weight is 225 g/mol. The molecule has 2 aliphatic rings. The van der Waals surface area contributed by atoms with Crippen molar-refractivity contribution < 1.29 is 4.74 Å². The Morgan fingerprint density at radius 2 is 1.44 bits per heavy atom. The van der Waals surface area contributed by atoms with Gasteiger partial charge >= 0.3 is 0 Å². The second-order valence-electron chi connectivity index (χ2n) is 5.66. The topological polar surface area (TPSA) is 35.2 Å². The van der Waals surface area contributed by atoms with Gasteiger partial charge in [0.1, 0.15) is 0 Å². The summed E-state index contributed by atoms with van der Waals surface area (Å²) in [6.45, 7) is 0.801. The van der Waals surface area contributed by atoms with E-state index < -0.39 is 0 Å². The van der Waals surface area contributed by atoms with E-state index in [1.807, 2.05) is 0 Å². The van der Waals surface area contributed by atoms with Crippen LogP contribution in [-0.2, 0) is 4.74 Å². The number of nitrogens with two attached hydrogens (primary N) is 1. The molecule has 0 saturated heterocycles. The van der Waals surface area contributed by atoms with E-state index in [9.17, 15) is 0 Å². The minimum atomic E-state index is 0.294. The maximum absolute atomic E-state index is 6.24. The molecule has 0 radical (unpaired) electrons. The smallest absolute Gasteiger partial charge is 0.0623 e. The van der Waals surface area contributed by atoms with Crippen molar-refractivity contribution in [2.75, 3.05) is 6.61 Å². The van der Waals surface area contributed by atoms with Crippen LogP contribution in [0.25, 0.3) is 0 Å². The maximum Gasteiger partial charge on any atom is 0.0623 e. The molecule has 2 heteroatoms. The van der Waals surface area contributed by atoms with Gasteiger partial charge in [-0.2, -0.15) is 0 Å². The van der Waals surface area contributed by atoms with Crippen molar-refractivity contribution >= 4 is 0 Å². The van der Waals surface area contributed by atoms with Crippen molar-refractivity contribution in [3.63, 3.8) is 0 Å². The molecule has 0 bridgehead atoms. The molecule has 0 aromatic rings. The second-order valence-corrected chi connectivity index (χ2v) is 5.66. The first kappa shape index (κ1) is 12.4. The zero-order valence-electron chi connectivity index (χ0n) is 10.5. The summed E-state index contributed by atoms with van der Waals surface area (Å²) < 4.78 is 5.97. The Labute approximate surface area is 99.9 Å². The largest absolute Gasteiger partial charge is 0.377 e. The second kappa shape index (κ2) is 6.61. The molecule has 0 heterocycles. The summed E-state index contributed by atoms with van der Waals surface area (Å²) in [7, 11) is 0. The van der Waals surface area contributed by atoms with Crippen LogP contribution in [0.4, 0.5) is 0 Å². The van der Waals surface area contributed by atoms with Gasteiger partial charge in [-0.25, -0.2) is 0 Å². The molecular weight excluding hydrogens is 198 g/mol. The first-order valence-corrected chi connectivity index (χ1v) is 7.23. The Bertz CT molecular complexity index is 183. The van der Waals surface area contributed by atoms with E-state index in [1.54, 1.807) is 0 Å². The van der Waals surface area contributed by atoms with Crippen LogP contribution in [0.1, 0.15) is 64.2 Å². The van der Waals surface area contributed by atoms with Crippen LogP contribution >= 0.6 is 0 Å². The minimum absolute atomic E-state index is 0.294. The molecule has 2 aliphatic carbocycles. The highest BCUT2D eigenvalue weighted by Gasteiger charge is 2.22. The fraction of sp³-hybridized carbons (Fsp3) is 1.00. The highest BCUT2D eigenvalue weighted by molar-refractivity contribution is 4.77. The van der Waals surface area contributed by atoms with Gasteiger partial charge in [0, 0.05) is 6.04 Å². The van der Waals surface area contributed by atoms with E-state index >= 15 is 0 Å². The summed E-state index contributed by atoms with van der Waals surface area (Å²) >= 11 is 0. The van der Waals surface area contributed by atoms with Crippen molar-refractivity contribution in [1.82, 2.24) is 0 Å². The molecule has 0 spiro atoms. The lowest BCUT2D eigenvalue weighted by Crippen LogP contribution is -2.37. The average Bonchev–Trinajstić information content (AvgIpc) is 2.38. The van der Waals surface area contributed by atoms with Gasteiger partial charge in [-0.1, -0.05) is 38.5 Å². The van der Waals surface area contributed by atoms with E-state index in [0.717, 1.165) is 12.5 Å². The molecule has 2 saturated carbocycles. The van der Waals surface area contributed by atoms with Crippen LogP contribution in [0.5, 0.6) is 0 Å². The molecule has 0 amide bonds. The number of hydrogen-bond acceptors (Lipinski definition) is 2. The first-order valence-electron chi connectivity index (χ1n) is 7.23. The fourth-order valence-electron chi connectivity index (χ4n) is 3.18. The number of ether oxygens (including phenoxy) is 1. The van der Waals surface area contributed by atoms with Crippen LogP contribution < -0.4 is 5.73 Å². The molecule has 2 nitrogen and oxygen atoms in total. The van der Waals surface area contributed by atoms with Crippen LogP contribution in [0, 0.1) is 5.92 Å². The van der Waals surface area contributed by atoms with Gasteiger partial charge in [-0.15, -0.1) is 0 Å². The zero-order chi connectivity index (χ0) is 11.2. The van der Waals surface area contributed by atoms with Crippen LogP contribution in [0.15, 0.2) is 0 Å². The van der Waals surface area contributed by atoms with Gasteiger partial charge in [0.15, 0.2) is 0 Å². The normalized spacial score (nSPS) is 26.8. The SMILES string of the molecule is NC(COC1CCCCC1)C1CCCCC1. The van der Waals surface area contributed by atoms with Crippen molar-refractivity contribution in [2.45, 2.75) is 76.4 Å². The third-order valence-corrected chi connectivity index (χ3v) is 4.33. The van der Waals surface area contributed by atoms with Crippen molar-refractivity contribution in [3.05, 3.63) is 0 Å². The Morgan fingerprint density at radius 3 is 2.06 bits per heavy atom. The molecule has 2 rings (SSSR count). The maximum atomic E-state index is 6.24. The third kappa shape index (κ3) is 3.74. The molecule has 1 unspecified atom stereocenters. The van der Waals surface area contributed by atoms with Gasteiger partial charge in [0.05, 0.1) is 12.7 Å². The summed E-state index contributed by atoms with van der Waals surface area (Å²) in [4.78, 5) is 0. The summed E-state index contributed by atoms with van der Waals surface area (Å²) in [6.07, 6.45) is 14.0. The number of hydrogen-bond donors (Lipinski definition) is 1. The first-order chi connectivity index (χ1) is 7.86. The quantitative estimate of drug-likeness (QED) is 0.797. The molecular formula is C14H27NO. The lowest BCUT2D eigenvalue weighted by molar-refractivity contribution is 0.0105. The van der Waals surface area contributed by atoms with E-state index in [4.69, 9.17) is 10.5 Å². The molecule has 0 aromatic carbocycles. The van der Waals surface area contributed by atoms with E-state index in [-0.39, 0.29) is 0 Å². The zero-order valence-corrected chi connectivity index (χ0v) is 10.5. The lowest BCUT2D eigenvalue weighted by atomic mass is 9.84. The van der Waals surface area contributed by atoms with Gasteiger partial charge in [0.2, 0.25) is 0 Å². The molecule has 0 aliphatic heterocycles. The summed E-state index contributed by atoms with van der Waals surface area (Å²) in [6, 6.07) is 0.294. The monoisotopic (exact) mass is 225 g/mol. The van der Waals surface area contributed by atoms with Crippen LogP contribution in [-0.4, -0.2) is 18.8 Å². The highest BCUT2D eigenvalue weighted by atomic mass is 16.5. The fourth-order valence-corrected chi connectivity index (χ4v) is 3.18. The van der Waals surface area contributed by atoms with Crippen molar-refractivity contribution in [3.8, 4) is 0 Å². The van der Waals surface area contributed by atoms with Crippen LogP contribution in [0.2, 0.25) is 0 Å². The summed E-state index contributed by atoms with van der Waals surface area (Å²) in [5.74, 6) is 0.734. The van der Waals surface area contributed by atoms with Gasteiger partial charge < -0.3 is 10.5 Å². The van der Waals surface area contributed by atoms with Crippen molar-refractivity contribution in [1.29, 1.82) is 0 Å². The third-order valence-electron chi connectivity index (χ3n) is 4.33.